The van der Waals surface area contributed by atoms with Crippen LogP contribution >= 0.6 is 11.6 Å². The number of aromatic amines is 1. The van der Waals surface area contributed by atoms with Gasteiger partial charge in [-0.25, -0.2) is 0 Å². The van der Waals surface area contributed by atoms with Crippen molar-refractivity contribution in [1.82, 2.24) is 15.4 Å². The van der Waals surface area contributed by atoms with Crippen molar-refractivity contribution in [1.29, 1.82) is 5.26 Å². The first-order chi connectivity index (χ1) is 11.3. The molecule has 0 aliphatic heterocycles. The van der Waals surface area contributed by atoms with Gasteiger partial charge in [0, 0.05) is 17.0 Å². The van der Waals surface area contributed by atoms with Crippen LogP contribution in [0.15, 0.2) is 48.5 Å². The number of ether oxygens (including phenoxy) is 1. The molecule has 1 heterocycles. The molecule has 3 aromatic rings. The quantitative estimate of drug-likeness (QED) is 0.777. The molecule has 0 saturated heterocycles. The molecule has 0 spiro atoms. The van der Waals surface area contributed by atoms with Crippen molar-refractivity contribution in [2.45, 2.75) is 6.42 Å². The number of nitriles is 1. The van der Waals surface area contributed by atoms with E-state index >= 15 is 0 Å². The highest BCUT2D eigenvalue weighted by Crippen LogP contribution is 2.23. The second-order valence-corrected chi connectivity index (χ2v) is 5.32. The number of nitrogens with zero attached hydrogens (tertiary/aromatic N) is 3. The molecule has 0 radical (unpaired) electrons. The van der Waals surface area contributed by atoms with E-state index in [0.717, 1.165) is 28.3 Å². The van der Waals surface area contributed by atoms with Gasteiger partial charge < -0.3 is 4.74 Å². The van der Waals surface area contributed by atoms with Crippen molar-refractivity contribution in [2.24, 2.45) is 0 Å². The molecular formula is C17H13ClN4O. The van der Waals surface area contributed by atoms with Gasteiger partial charge in [-0.05, 0) is 29.8 Å². The fraction of sp³-hybridized carbons (Fsp3) is 0.118. The first kappa shape index (κ1) is 15.1. The van der Waals surface area contributed by atoms with Crippen molar-refractivity contribution in [2.75, 3.05) is 6.61 Å². The summed E-state index contributed by atoms with van der Waals surface area (Å²) in [5.41, 5.74) is 2.74. The Morgan fingerprint density at radius 1 is 1.13 bits per heavy atom. The number of rotatable bonds is 5. The maximum Gasteiger partial charge on any atom is 0.190 e. The fourth-order valence-electron chi connectivity index (χ4n) is 2.18. The zero-order valence-electron chi connectivity index (χ0n) is 12.2. The Morgan fingerprint density at radius 2 is 1.96 bits per heavy atom. The molecule has 0 unspecified atom stereocenters. The second-order valence-electron chi connectivity index (χ2n) is 4.89. The Kier molecular flexibility index (Phi) is 4.55. The van der Waals surface area contributed by atoms with E-state index in [4.69, 9.17) is 21.6 Å². The average Bonchev–Trinajstić information content (AvgIpc) is 3.06. The van der Waals surface area contributed by atoms with Crippen LogP contribution in [0.2, 0.25) is 5.02 Å². The average molecular weight is 325 g/mol. The maximum absolute atomic E-state index is 9.01. The lowest BCUT2D eigenvalue weighted by Gasteiger charge is -2.07. The van der Waals surface area contributed by atoms with Crippen LogP contribution in [0.5, 0.6) is 5.75 Å². The Bertz CT molecular complexity index is 836. The predicted molar refractivity (Wildman–Crippen MR) is 87.2 cm³/mol. The number of hydrogen-bond acceptors (Lipinski definition) is 4. The van der Waals surface area contributed by atoms with Gasteiger partial charge in [-0.2, -0.15) is 15.6 Å². The van der Waals surface area contributed by atoms with Gasteiger partial charge in [-0.3, -0.25) is 0 Å². The minimum atomic E-state index is 0.267. The Balaban J connectivity index is 1.66. The van der Waals surface area contributed by atoms with Crippen molar-refractivity contribution >= 4 is 11.6 Å². The smallest absolute Gasteiger partial charge is 0.190 e. The van der Waals surface area contributed by atoms with Gasteiger partial charge >= 0.3 is 0 Å². The Morgan fingerprint density at radius 3 is 2.74 bits per heavy atom. The first-order valence-electron chi connectivity index (χ1n) is 7.05. The van der Waals surface area contributed by atoms with Crippen LogP contribution in [0.4, 0.5) is 0 Å². The Labute approximate surface area is 138 Å². The SMILES string of the molecule is N#Cc1n[nH]nc1-c1cccc(OCCc2ccc(Cl)cc2)c1. The molecule has 0 atom stereocenters. The summed E-state index contributed by atoms with van der Waals surface area (Å²) in [6.45, 7) is 0.551. The predicted octanol–water partition coefficient (Wildman–Crippen LogP) is 3.62. The molecule has 1 aromatic heterocycles. The number of aromatic nitrogens is 3. The van der Waals surface area contributed by atoms with Gasteiger partial charge in [-0.1, -0.05) is 35.9 Å². The van der Waals surface area contributed by atoms with E-state index in [9.17, 15) is 0 Å². The topological polar surface area (TPSA) is 74.6 Å². The van der Waals surface area contributed by atoms with Crippen LogP contribution in [0.1, 0.15) is 11.3 Å². The number of H-pyrrole nitrogens is 1. The van der Waals surface area contributed by atoms with Gasteiger partial charge in [0.05, 0.1) is 6.61 Å². The number of halogens is 1. The summed E-state index contributed by atoms with van der Waals surface area (Å²) in [4.78, 5) is 0. The monoisotopic (exact) mass is 324 g/mol. The zero-order chi connectivity index (χ0) is 16.1. The van der Waals surface area contributed by atoms with E-state index in [1.807, 2.05) is 54.6 Å². The molecule has 0 bridgehead atoms. The minimum absolute atomic E-state index is 0.267. The third-order valence-electron chi connectivity index (χ3n) is 3.33. The van der Waals surface area contributed by atoms with Crippen molar-refractivity contribution in [3.63, 3.8) is 0 Å². The molecule has 0 saturated carbocycles. The summed E-state index contributed by atoms with van der Waals surface area (Å²) in [7, 11) is 0. The van der Waals surface area contributed by atoms with E-state index in [1.165, 1.54) is 0 Å². The molecule has 0 amide bonds. The van der Waals surface area contributed by atoms with Gasteiger partial charge in [0.25, 0.3) is 0 Å². The molecule has 114 valence electrons. The van der Waals surface area contributed by atoms with Crippen LogP contribution in [-0.4, -0.2) is 22.0 Å². The molecule has 2 aromatic carbocycles. The molecule has 5 nitrogen and oxygen atoms in total. The highest BCUT2D eigenvalue weighted by Gasteiger charge is 2.10. The highest BCUT2D eigenvalue weighted by molar-refractivity contribution is 6.30. The molecular weight excluding hydrogens is 312 g/mol. The van der Waals surface area contributed by atoms with E-state index in [0.29, 0.717) is 12.3 Å². The van der Waals surface area contributed by atoms with Crippen molar-refractivity contribution in [3.05, 3.63) is 64.8 Å². The third kappa shape index (κ3) is 3.68. The first-order valence-corrected chi connectivity index (χ1v) is 7.42. The minimum Gasteiger partial charge on any atom is -0.493 e. The number of hydrogen-bond donors (Lipinski definition) is 1. The van der Waals surface area contributed by atoms with Crippen LogP contribution < -0.4 is 4.74 Å². The molecule has 1 N–H and O–H groups in total. The van der Waals surface area contributed by atoms with Gasteiger partial charge in [0.1, 0.15) is 17.5 Å². The standard InChI is InChI=1S/C17H13ClN4O/c18-14-6-4-12(5-7-14)8-9-23-15-3-1-2-13(10-15)17-16(11-19)20-22-21-17/h1-7,10H,8-9H2,(H,20,21,22). The van der Waals surface area contributed by atoms with Crippen LogP contribution in [-0.2, 0) is 6.42 Å². The largest absolute Gasteiger partial charge is 0.493 e. The molecule has 6 heteroatoms. The zero-order valence-corrected chi connectivity index (χ0v) is 12.9. The molecule has 0 fully saturated rings. The lowest BCUT2D eigenvalue weighted by atomic mass is 10.1. The summed E-state index contributed by atoms with van der Waals surface area (Å²) in [5.74, 6) is 0.725. The van der Waals surface area contributed by atoms with Crippen LogP contribution in [0.25, 0.3) is 11.3 Å². The second kappa shape index (κ2) is 6.95. The van der Waals surface area contributed by atoms with E-state index in [1.54, 1.807) is 0 Å². The van der Waals surface area contributed by atoms with Gasteiger partial charge in [-0.15, -0.1) is 5.10 Å². The van der Waals surface area contributed by atoms with Gasteiger partial charge in [0.15, 0.2) is 5.69 Å². The van der Waals surface area contributed by atoms with Crippen molar-refractivity contribution < 1.29 is 4.74 Å². The fourth-order valence-corrected chi connectivity index (χ4v) is 2.31. The number of nitrogens with one attached hydrogen (secondary N) is 1. The van der Waals surface area contributed by atoms with Gasteiger partial charge in [0.2, 0.25) is 0 Å². The summed E-state index contributed by atoms with van der Waals surface area (Å²) < 4.78 is 5.78. The maximum atomic E-state index is 9.01. The third-order valence-corrected chi connectivity index (χ3v) is 3.59. The van der Waals surface area contributed by atoms with Crippen LogP contribution in [0, 0.1) is 11.3 Å². The molecule has 0 aliphatic carbocycles. The molecule has 23 heavy (non-hydrogen) atoms. The van der Waals surface area contributed by atoms with Crippen molar-refractivity contribution in [3.8, 4) is 23.1 Å². The normalized spacial score (nSPS) is 10.3. The van der Waals surface area contributed by atoms with E-state index in [2.05, 4.69) is 15.4 Å². The lowest BCUT2D eigenvalue weighted by molar-refractivity contribution is 0.322. The summed E-state index contributed by atoms with van der Waals surface area (Å²) in [5, 5.41) is 20.0. The summed E-state index contributed by atoms with van der Waals surface area (Å²) in [6.07, 6.45) is 0.787. The summed E-state index contributed by atoms with van der Waals surface area (Å²) >= 11 is 5.86. The van der Waals surface area contributed by atoms with E-state index < -0.39 is 0 Å². The summed E-state index contributed by atoms with van der Waals surface area (Å²) in [6, 6.07) is 17.2. The Hall–Kier alpha value is -2.84. The highest BCUT2D eigenvalue weighted by atomic mass is 35.5. The molecule has 0 aliphatic rings. The lowest BCUT2D eigenvalue weighted by Crippen LogP contribution is -2.01. The number of benzene rings is 2. The molecule has 3 rings (SSSR count). The van der Waals surface area contributed by atoms with Crippen LogP contribution in [0.3, 0.4) is 0 Å². The van der Waals surface area contributed by atoms with E-state index in [-0.39, 0.29) is 5.69 Å².